The minimum absolute atomic E-state index is 0.0819. The first-order valence-electron chi connectivity index (χ1n) is 6.32. The number of hydrogen-bond donors (Lipinski definition) is 2. The molecule has 0 atom stereocenters. The summed E-state index contributed by atoms with van der Waals surface area (Å²) in [4.78, 5) is 11.7. The van der Waals surface area contributed by atoms with Crippen LogP contribution in [0, 0.1) is 5.82 Å². The van der Waals surface area contributed by atoms with Crippen molar-refractivity contribution >= 4 is 11.6 Å². The molecule has 2 aromatic carbocycles. The van der Waals surface area contributed by atoms with E-state index in [-0.39, 0.29) is 12.1 Å². The van der Waals surface area contributed by atoms with E-state index in [2.05, 4.69) is 10.9 Å². The van der Waals surface area contributed by atoms with Gasteiger partial charge in [-0.25, -0.2) is 4.39 Å². The Morgan fingerprint density at radius 3 is 2.27 bits per heavy atom. The molecule has 0 saturated heterocycles. The van der Waals surface area contributed by atoms with Gasteiger partial charge in [0.2, 0.25) is 5.91 Å². The van der Waals surface area contributed by atoms with Crippen LogP contribution >= 0.6 is 0 Å². The van der Waals surface area contributed by atoms with Gasteiger partial charge in [-0.05, 0) is 29.8 Å². The molecule has 2 N–H and O–H groups in total. The molecule has 0 spiro atoms. The summed E-state index contributed by atoms with van der Waals surface area (Å²) < 4.78 is 51.0. The zero-order chi connectivity index (χ0) is 16.2. The molecule has 0 aliphatic heterocycles. The van der Waals surface area contributed by atoms with Gasteiger partial charge >= 0.3 is 6.18 Å². The molecule has 1 amide bonds. The standard InChI is InChI=1S/C15H12F4N2O/c16-11-7-5-10(6-8-11)9-14(22)21-20-13-4-2-1-3-12(13)15(17,18)19/h1-8,20H,9H2,(H,21,22). The molecule has 116 valence electrons. The first-order chi connectivity index (χ1) is 10.4. The summed E-state index contributed by atoms with van der Waals surface area (Å²) in [6, 6.07) is 10.1. The average molecular weight is 312 g/mol. The Hall–Kier alpha value is -2.57. The van der Waals surface area contributed by atoms with Crippen molar-refractivity contribution in [3.63, 3.8) is 0 Å². The van der Waals surface area contributed by atoms with Gasteiger partial charge < -0.3 is 0 Å². The fourth-order valence-electron chi connectivity index (χ4n) is 1.81. The fourth-order valence-corrected chi connectivity index (χ4v) is 1.81. The molecule has 0 aliphatic rings. The van der Waals surface area contributed by atoms with Gasteiger partial charge in [-0.2, -0.15) is 13.2 Å². The Kier molecular flexibility index (Phi) is 4.65. The molecule has 0 saturated carbocycles. The van der Waals surface area contributed by atoms with Gasteiger partial charge in [-0.3, -0.25) is 15.6 Å². The Morgan fingerprint density at radius 1 is 1.00 bits per heavy atom. The third-order valence-electron chi connectivity index (χ3n) is 2.85. The highest BCUT2D eigenvalue weighted by atomic mass is 19.4. The molecule has 0 heterocycles. The lowest BCUT2D eigenvalue weighted by Crippen LogP contribution is -2.31. The Balaban J connectivity index is 1.98. The molecule has 0 radical (unpaired) electrons. The quantitative estimate of drug-likeness (QED) is 0.670. The molecule has 0 aromatic heterocycles. The number of carbonyl (C=O) groups excluding carboxylic acids is 1. The first-order valence-corrected chi connectivity index (χ1v) is 6.32. The molecule has 22 heavy (non-hydrogen) atoms. The summed E-state index contributed by atoms with van der Waals surface area (Å²) in [6.45, 7) is 0. The normalized spacial score (nSPS) is 11.1. The number of halogens is 4. The Bertz CT molecular complexity index is 653. The van der Waals surface area contributed by atoms with Crippen LogP contribution in [0.15, 0.2) is 48.5 Å². The lowest BCUT2D eigenvalue weighted by Gasteiger charge is -2.14. The van der Waals surface area contributed by atoms with Crippen LogP contribution in [0.4, 0.5) is 23.2 Å². The van der Waals surface area contributed by atoms with Crippen LogP contribution in [-0.2, 0) is 17.4 Å². The molecule has 2 aromatic rings. The van der Waals surface area contributed by atoms with Gasteiger partial charge in [0.25, 0.3) is 0 Å². The zero-order valence-corrected chi connectivity index (χ0v) is 11.2. The summed E-state index contributed by atoms with van der Waals surface area (Å²) in [5.41, 5.74) is 3.87. The van der Waals surface area contributed by atoms with Crippen molar-refractivity contribution in [1.82, 2.24) is 5.43 Å². The van der Waals surface area contributed by atoms with Gasteiger partial charge in [-0.1, -0.05) is 24.3 Å². The third-order valence-corrected chi connectivity index (χ3v) is 2.85. The highest BCUT2D eigenvalue weighted by molar-refractivity contribution is 5.80. The second-order valence-corrected chi connectivity index (χ2v) is 4.52. The van der Waals surface area contributed by atoms with E-state index in [0.717, 1.165) is 6.07 Å². The van der Waals surface area contributed by atoms with Crippen LogP contribution < -0.4 is 10.9 Å². The molecule has 3 nitrogen and oxygen atoms in total. The van der Waals surface area contributed by atoms with Crippen molar-refractivity contribution in [2.24, 2.45) is 0 Å². The van der Waals surface area contributed by atoms with Crippen LogP contribution in [0.1, 0.15) is 11.1 Å². The van der Waals surface area contributed by atoms with Crippen molar-refractivity contribution in [2.75, 3.05) is 5.43 Å². The van der Waals surface area contributed by atoms with E-state index >= 15 is 0 Å². The van der Waals surface area contributed by atoms with E-state index in [1.165, 1.54) is 42.5 Å². The predicted octanol–water partition coefficient (Wildman–Crippen LogP) is 3.53. The Morgan fingerprint density at radius 2 is 1.64 bits per heavy atom. The largest absolute Gasteiger partial charge is 0.418 e. The van der Waals surface area contributed by atoms with Crippen molar-refractivity contribution in [2.45, 2.75) is 12.6 Å². The highest BCUT2D eigenvalue weighted by Crippen LogP contribution is 2.34. The number of nitrogens with one attached hydrogen (secondary N) is 2. The SMILES string of the molecule is O=C(Cc1ccc(F)cc1)NNc1ccccc1C(F)(F)F. The van der Waals surface area contributed by atoms with E-state index in [0.29, 0.717) is 5.56 Å². The van der Waals surface area contributed by atoms with Gasteiger partial charge in [-0.15, -0.1) is 0 Å². The van der Waals surface area contributed by atoms with Crippen LogP contribution in [0.5, 0.6) is 0 Å². The van der Waals surface area contributed by atoms with E-state index in [9.17, 15) is 22.4 Å². The molecule has 0 bridgehead atoms. The fraction of sp³-hybridized carbons (Fsp3) is 0.133. The van der Waals surface area contributed by atoms with Crippen LogP contribution in [-0.4, -0.2) is 5.91 Å². The molecular formula is C15H12F4N2O. The second kappa shape index (κ2) is 6.46. The Labute approximate surface area is 123 Å². The number of anilines is 1. The second-order valence-electron chi connectivity index (χ2n) is 4.52. The number of amides is 1. The average Bonchev–Trinajstić information content (AvgIpc) is 2.47. The lowest BCUT2D eigenvalue weighted by molar-refractivity contribution is -0.137. The van der Waals surface area contributed by atoms with Crippen LogP contribution in [0.3, 0.4) is 0 Å². The van der Waals surface area contributed by atoms with Crippen molar-refractivity contribution < 1.29 is 22.4 Å². The van der Waals surface area contributed by atoms with Gasteiger partial charge in [0.1, 0.15) is 5.82 Å². The predicted molar refractivity (Wildman–Crippen MR) is 73.3 cm³/mol. The summed E-state index contributed by atoms with van der Waals surface area (Å²) in [5, 5.41) is 0. The first kappa shape index (κ1) is 15.8. The number of carbonyl (C=O) groups is 1. The number of para-hydroxylation sites is 1. The third kappa shape index (κ3) is 4.21. The lowest BCUT2D eigenvalue weighted by atomic mass is 10.1. The van der Waals surface area contributed by atoms with E-state index in [4.69, 9.17) is 0 Å². The monoisotopic (exact) mass is 312 g/mol. The smallest absolute Gasteiger partial charge is 0.298 e. The number of benzene rings is 2. The van der Waals surface area contributed by atoms with E-state index in [1.54, 1.807) is 0 Å². The van der Waals surface area contributed by atoms with Crippen LogP contribution in [0.2, 0.25) is 0 Å². The number of hydrazine groups is 1. The van der Waals surface area contributed by atoms with Crippen molar-refractivity contribution in [1.29, 1.82) is 0 Å². The van der Waals surface area contributed by atoms with E-state index in [1.807, 2.05) is 0 Å². The summed E-state index contributed by atoms with van der Waals surface area (Å²) in [5.74, 6) is -0.968. The van der Waals surface area contributed by atoms with Crippen molar-refractivity contribution in [3.05, 3.63) is 65.5 Å². The van der Waals surface area contributed by atoms with Crippen molar-refractivity contribution in [3.8, 4) is 0 Å². The topological polar surface area (TPSA) is 41.1 Å². The zero-order valence-electron chi connectivity index (χ0n) is 11.2. The van der Waals surface area contributed by atoms with Crippen LogP contribution in [0.25, 0.3) is 0 Å². The maximum Gasteiger partial charge on any atom is 0.418 e. The molecular weight excluding hydrogens is 300 g/mol. The minimum atomic E-state index is -4.52. The summed E-state index contributed by atoms with van der Waals surface area (Å²) in [7, 11) is 0. The minimum Gasteiger partial charge on any atom is -0.298 e. The highest BCUT2D eigenvalue weighted by Gasteiger charge is 2.33. The van der Waals surface area contributed by atoms with E-state index < -0.39 is 23.5 Å². The molecule has 0 fully saturated rings. The maximum absolute atomic E-state index is 12.8. The number of rotatable bonds is 4. The summed E-state index contributed by atoms with van der Waals surface area (Å²) >= 11 is 0. The van der Waals surface area contributed by atoms with Gasteiger partial charge in [0, 0.05) is 0 Å². The molecule has 7 heteroatoms. The number of hydrogen-bond acceptors (Lipinski definition) is 2. The maximum atomic E-state index is 12.8. The molecule has 2 rings (SSSR count). The number of alkyl halides is 3. The molecule has 0 unspecified atom stereocenters. The summed E-state index contributed by atoms with van der Waals surface area (Å²) in [6.07, 6.45) is -4.60. The van der Waals surface area contributed by atoms with Gasteiger partial charge in [0.15, 0.2) is 0 Å². The van der Waals surface area contributed by atoms with Gasteiger partial charge in [0.05, 0.1) is 17.7 Å². The molecule has 0 aliphatic carbocycles.